The van der Waals surface area contributed by atoms with Gasteiger partial charge in [0.2, 0.25) is 11.6 Å². The smallest absolute Gasteiger partial charge is 0.300 e. The van der Waals surface area contributed by atoms with Crippen LogP contribution in [-0.2, 0) is 17.8 Å². The van der Waals surface area contributed by atoms with Crippen molar-refractivity contribution in [2.45, 2.75) is 25.8 Å². The molecule has 0 radical (unpaired) electrons. The standard InChI is InChI=1S/C20H18FN5O2S/c21-14-6-8-15(9-7-14)25-10-11-26-17(23-24-19(26)20(25)28)4-1-5-18(27)22-13-16-3-2-12-29-16/h2-3,6-12H,1,4-5,13H2,(H,22,27). The van der Waals surface area contributed by atoms with E-state index in [0.717, 1.165) is 4.88 Å². The molecule has 3 heterocycles. The average Bonchev–Trinajstić information content (AvgIpc) is 3.38. The highest BCUT2D eigenvalue weighted by molar-refractivity contribution is 7.09. The van der Waals surface area contributed by atoms with Gasteiger partial charge >= 0.3 is 5.56 Å². The number of nitrogens with zero attached hydrogens (tertiary/aromatic N) is 4. The van der Waals surface area contributed by atoms with Crippen LogP contribution in [0, 0.1) is 5.82 Å². The number of benzene rings is 1. The molecule has 0 aliphatic rings. The molecule has 1 aromatic carbocycles. The maximum Gasteiger partial charge on any atom is 0.300 e. The molecule has 4 aromatic rings. The Morgan fingerprint density at radius 1 is 1.14 bits per heavy atom. The lowest BCUT2D eigenvalue weighted by Gasteiger charge is -2.06. The number of amides is 1. The SMILES string of the molecule is O=C(CCCc1nnc2c(=O)n(-c3ccc(F)cc3)ccn12)NCc1cccs1. The van der Waals surface area contributed by atoms with E-state index >= 15 is 0 Å². The van der Waals surface area contributed by atoms with Gasteiger partial charge in [-0.1, -0.05) is 6.07 Å². The van der Waals surface area contributed by atoms with Crippen LogP contribution in [0.1, 0.15) is 23.5 Å². The summed E-state index contributed by atoms with van der Waals surface area (Å²) in [6.07, 6.45) is 4.79. The zero-order valence-corrected chi connectivity index (χ0v) is 16.2. The van der Waals surface area contributed by atoms with Crippen LogP contribution in [-0.4, -0.2) is 25.1 Å². The van der Waals surface area contributed by atoms with Crippen LogP contribution < -0.4 is 10.9 Å². The second-order valence-electron chi connectivity index (χ2n) is 6.47. The molecule has 1 N–H and O–H groups in total. The Morgan fingerprint density at radius 2 is 1.97 bits per heavy atom. The molecule has 0 bridgehead atoms. The minimum atomic E-state index is -0.368. The van der Waals surface area contributed by atoms with E-state index in [-0.39, 0.29) is 22.9 Å². The number of carbonyl (C=O) groups excluding carboxylic acids is 1. The molecule has 1 amide bonds. The number of aryl methyl sites for hydroxylation is 1. The highest BCUT2D eigenvalue weighted by Gasteiger charge is 2.12. The van der Waals surface area contributed by atoms with E-state index in [1.54, 1.807) is 28.1 Å². The topological polar surface area (TPSA) is 81.3 Å². The van der Waals surface area contributed by atoms with Crippen LogP contribution in [0.3, 0.4) is 0 Å². The summed E-state index contributed by atoms with van der Waals surface area (Å²) < 4.78 is 16.1. The predicted molar refractivity (Wildman–Crippen MR) is 108 cm³/mol. The molecule has 0 aliphatic heterocycles. The van der Waals surface area contributed by atoms with Crippen LogP contribution in [0.4, 0.5) is 4.39 Å². The van der Waals surface area contributed by atoms with Crippen LogP contribution in [0.2, 0.25) is 0 Å². The summed E-state index contributed by atoms with van der Waals surface area (Å²) in [4.78, 5) is 25.8. The van der Waals surface area contributed by atoms with Gasteiger partial charge in [-0.15, -0.1) is 21.5 Å². The Morgan fingerprint density at radius 3 is 2.72 bits per heavy atom. The fraction of sp³-hybridized carbons (Fsp3) is 0.200. The van der Waals surface area contributed by atoms with E-state index < -0.39 is 0 Å². The summed E-state index contributed by atoms with van der Waals surface area (Å²) in [6, 6.07) is 9.58. The van der Waals surface area contributed by atoms with Gasteiger partial charge in [0, 0.05) is 35.8 Å². The number of hydrogen-bond acceptors (Lipinski definition) is 5. The van der Waals surface area contributed by atoms with Crippen LogP contribution >= 0.6 is 11.3 Å². The number of halogens is 1. The van der Waals surface area contributed by atoms with Crippen molar-refractivity contribution >= 4 is 22.9 Å². The lowest BCUT2D eigenvalue weighted by molar-refractivity contribution is -0.121. The number of carbonyl (C=O) groups is 1. The van der Waals surface area contributed by atoms with E-state index in [9.17, 15) is 14.0 Å². The molecular formula is C20H18FN5O2S. The van der Waals surface area contributed by atoms with E-state index in [1.165, 1.54) is 28.8 Å². The molecule has 0 saturated heterocycles. The molecule has 4 rings (SSSR count). The fourth-order valence-corrected chi connectivity index (χ4v) is 3.65. The van der Waals surface area contributed by atoms with Gasteiger partial charge in [0.05, 0.1) is 6.54 Å². The van der Waals surface area contributed by atoms with Gasteiger partial charge in [0.15, 0.2) is 0 Å². The largest absolute Gasteiger partial charge is 0.351 e. The maximum absolute atomic E-state index is 13.1. The Balaban J connectivity index is 1.41. The van der Waals surface area contributed by atoms with Crippen LogP contribution in [0.5, 0.6) is 0 Å². The molecule has 3 aromatic heterocycles. The van der Waals surface area contributed by atoms with Gasteiger partial charge in [-0.05, 0) is 42.1 Å². The summed E-state index contributed by atoms with van der Waals surface area (Å²) in [6.45, 7) is 0.535. The predicted octanol–water partition coefficient (Wildman–Crippen LogP) is 2.72. The Bertz CT molecular complexity index is 1180. The molecule has 0 aliphatic carbocycles. The summed E-state index contributed by atoms with van der Waals surface area (Å²) >= 11 is 1.60. The second-order valence-corrected chi connectivity index (χ2v) is 7.50. The highest BCUT2D eigenvalue weighted by atomic mass is 32.1. The number of thiophene rings is 1. The summed E-state index contributed by atoms with van der Waals surface area (Å²) in [5.74, 6) is 0.229. The maximum atomic E-state index is 13.1. The normalized spacial score (nSPS) is 11.1. The molecule has 0 fully saturated rings. The molecule has 0 saturated carbocycles. The highest BCUT2D eigenvalue weighted by Crippen LogP contribution is 2.10. The molecule has 0 spiro atoms. The molecular weight excluding hydrogens is 393 g/mol. The lowest BCUT2D eigenvalue weighted by atomic mass is 10.2. The van der Waals surface area contributed by atoms with E-state index in [0.29, 0.717) is 37.3 Å². The summed E-state index contributed by atoms with van der Waals surface area (Å²) in [5.41, 5.74) is 0.395. The number of aromatic nitrogens is 4. The number of fused-ring (bicyclic) bond motifs is 1. The average molecular weight is 411 g/mol. The Kier molecular flexibility index (Phi) is 5.48. The zero-order chi connectivity index (χ0) is 20.2. The third kappa shape index (κ3) is 4.24. The van der Waals surface area contributed by atoms with Gasteiger partial charge in [-0.25, -0.2) is 4.39 Å². The first-order valence-corrected chi connectivity index (χ1v) is 10.00. The summed E-state index contributed by atoms with van der Waals surface area (Å²) in [5, 5.41) is 13.0. The van der Waals surface area contributed by atoms with Crippen LogP contribution in [0.15, 0.2) is 59.0 Å². The number of rotatable bonds is 7. The van der Waals surface area contributed by atoms with Gasteiger partial charge in [0.25, 0.3) is 0 Å². The van der Waals surface area contributed by atoms with Crippen molar-refractivity contribution in [1.82, 2.24) is 24.5 Å². The van der Waals surface area contributed by atoms with Crippen molar-refractivity contribution in [3.63, 3.8) is 0 Å². The molecule has 0 unspecified atom stereocenters. The number of nitrogens with one attached hydrogen (secondary N) is 1. The Labute approximate surface area is 169 Å². The Hall–Kier alpha value is -3.33. The van der Waals surface area contributed by atoms with Crippen molar-refractivity contribution in [2.75, 3.05) is 0 Å². The first-order valence-electron chi connectivity index (χ1n) is 9.12. The quantitative estimate of drug-likeness (QED) is 0.507. The molecule has 9 heteroatoms. The number of hydrogen-bond donors (Lipinski definition) is 1. The first kappa shape index (κ1) is 19.0. The van der Waals surface area contributed by atoms with Crippen molar-refractivity contribution in [3.8, 4) is 5.69 Å². The molecule has 7 nitrogen and oxygen atoms in total. The zero-order valence-electron chi connectivity index (χ0n) is 15.4. The fourth-order valence-electron chi connectivity index (χ4n) is 3.00. The van der Waals surface area contributed by atoms with Gasteiger partial charge in [0.1, 0.15) is 11.6 Å². The monoisotopic (exact) mass is 411 g/mol. The van der Waals surface area contributed by atoms with Crippen molar-refractivity contribution in [1.29, 1.82) is 0 Å². The molecule has 29 heavy (non-hydrogen) atoms. The third-order valence-electron chi connectivity index (χ3n) is 4.49. The van der Waals surface area contributed by atoms with Crippen LogP contribution in [0.25, 0.3) is 11.3 Å². The minimum absolute atomic E-state index is 0.0223. The minimum Gasteiger partial charge on any atom is -0.351 e. The second kappa shape index (κ2) is 8.36. The van der Waals surface area contributed by atoms with E-state index in [1.807, 2.05) is 17.5 Å². The summed E-state index contributed by atoms with van der Waals surface area (Å²) in [7, 11) is 0. The lowest BCUT2D eigenvalue weighted by Crippen LogP contribution is -2.22. The van der Waals surface area contributed by atoms with Gasteiger partial charge in [-0.2, -0.15) is 0 Å². The van der Waals surface area contributed by atoms with Gasteiger partial charge in [-0.3, -0.25) is 18.6 Å². The van der Waals surface area contributed by atoms with Gasteiger partial charge < -0.3 is 5.32 Å². The van der Waals surface area contributed by atoms with Crippen molar-refractivity contribution < 1.29 is 9.18 Å². The molecule has 0 atom stereocenters. The third-order valence-corrected chi connectivity index (χ3v) is 5.37. The first-order chi connectivity index (χ1) is 14.1. The van der Waals surface area contributed by atoms with E-state index in [4.69, 9.17) is 0 Å². The molecule has 148 valence electrons. The van der Waals surface area contributed by atoms with Crippen molar-refractivity contribution in [2.24, 2.45) is 0 Å². The van der Waals surface area contributed by atoms with E-state index in [2.05, 4.69) is 15.5 Å². The van der Waals surface area contributed by atoms with Crippen molar-refractivity contribution in [3.05, 3.63) is 81.0 Å².